The molecule has 6 nitrogen and oxygen atoms in total. The van der Waals surface area contributed by atoms with Gasteiger partial charge in [0, 0.05) is 16.6 Å². The molecule has 2 N–H and O–H groups in total. The third kappa shape index (κ3) is 4.95. The fraction of sp³-hybridized carbons (Fsp3) is 0.190. The second kappa shape index (κ2) is 9.14. The maximum Gasteiger partial charge on any atom is 0.255 e. The minimum atomic E-state index is -0.353. The molecule has 7 heteroatoms. The molecule has 0 bridgehead atoms. The van der Waals surface area contributed by atoms with Crippen LogP contribution in [0.2, 0.25) is 0 Å². The van der Waals surface area contributed by atoms with Gasteiger partial charge in [-0.1, -0.05) is 24.3 Å². The van der Waals surface area contributed by atoms with Gasteiger partial charge in [-0.2, -0.15) is 0 Å². The molecular weight excluding hydrogens is 374 g/mol. The number of thiazole rings is 1. The van der Waals surface area contributed by atoms with Crippen molar-refractivity contribution in [3.05, 3.63) is 64.5 Å². The second-order valence-electron chi connectivity index (χ2n) is 5.99. The molecule has 0 atom stereocenters. The summed E-state index contributed by atoms with van der Waals surface area (Å²) in [5.74, 6) is -0.163. The van der Waals surface area contributed by atoms with E-state index in [1.54, 1.807) is 35.6 Å². The highest BCUT2D eigenvalue weighted by Gasteiger charge is 2.13. The number of nitrogens with one attached hydrogen (secondary N) is 2. The molecule has 0 aliphatic heterocycles. The standard InChI is InChI=1S/C21H21N3O3S/c1-3-27-19-7-5-4-6-17(19)21(26)22-12-20(25)24-16-10-8-15(9-11-16)18-13-28-14(2)23-18/h4-11,13H,3,12H2,1-2H3,(H,22,26)(H,24,25). The highest BCUT2D eigenvalue weighted by Crippen LogP contribution is 2.23. The number of para-hydroxylation sites is 1. The molecule has 1 aromatic heterocycles. The predicted molar refractivity (Wildman–Crippen MR) is 111 cm³/mol. The van der Waals surface area contributed by atoms with Crippen LogP contribution in [-0.2, 0) is 4.79 Å². The normalized spacial score (nSPS) is 10.4. The van der Waals surface area contributed by atoms with E-state index in [4.69, 9.17) is 4.74 Å². The number of nitrogens with zero attached hydrogens (tertiary/aromatic N) is 1. The lowest BCUT2D eigenvalue weighted by molar-refractivity contribution is -0.115. The summed E-state index contributed by atoms with van der Waals surface area (Å²) < 4.78 is 5.44. The Morgan fingerprint density at radius 2 is 1.86 bits per heavy atom. The number of benzene rings is 2. The van der Waals surface area contributed by atoms with Gasteiger partial charge in [-0.3, -0.25) is 9.59 Å². The van der Waals surface area contributed by atoms with Gasteiger partial charge in [0.2, 0.25) is 5.91 Å². The van der Waals surface area contributed by atoms with Gasteiger partial charge in [0.1, 0.15) is 5.75 Å². The van der Waals surface area contributed by atoms with Crippen molar-refractivity contribution in [3.8, 4) is 17.0 Å². The molecule has 0 fully saturated rings. The molecule has 0 saturated heterocycles. The van der Waals surface area contributed by atoms with Crippen LogP contribution in [0.4, 0.5) is 5.69 Å². The number of carbonyl (C=O) groups excluding carboxylic acids is 2. The summed E-state index contributed by atoms with van der Waals surface area (Å²) in [7, 11) is 0. The van der Waals surface area contributed by atoms with E-state index in [0.29, 0.717) is 23.6 Å². The van der Waals surface area contributed by atoms with Crippen molar-refractivity contribution in [1.29, 1.82) is 0 Å². The Labute approximate surface area is 167 Å². The first-order valence-electron chi connectivity index (χ1n) is 8.89. The van der Waals surface area contributed by atoms with Gasteiger partial charge in [0.05, 0.1) is 29.4 Å². The summed E-state index contributed by atoms with van der Waals surface area (Å²) in [6.07, 6.45) is 0. The van der Waals surface area contributed by atoms with Crippen LogP contribution in [-0.4, -0.2) is 29.9 Å². The minimum absolute atomic E-state index is 0.133. The van der Waals surface area contributed by atoms with Crippen LogP contribution >= 0.6 is 11.3 Å². The number of rotatable bonds is 7. The molecule has 0 aliphatic rings. The van der Waals surface area contributed by atoms with Crippen molar-refractivity contribution in [2.24, 2.45) is 0 Å². The van der Waals surface area contributed by atoms with Crippen LogP contribution in [0, 0.1) is 6.92 Å². The van der Waals surface area contributed by atoms with Gasteiger partial charge < -0.3 is 15.4 Å². The number of amides is 2. The van der Waals surface area contributed by atoms with Crippen LogP contribution in [0.25, 0.3) is 11.3 Å². The van der Waals surface area contributed by atoms with Gasteiger partial charge >= 0.3 is 0 Å². The molecule has 0 aliphatic carbocycles. The Morgan fingerprint density at radius 1 is 1.11 bits per heavy atom. The zero-order chi connectivity index (χ0) is 19.9. The highest BCUT2D eigenvalue weighted by atomic mass is 32.1. The summed E-state index contributed by atoms with van der Waals surface area (Å²) in [4.78, 5) is 28.9. The topological polar surface area (TPSA) is 80.3 Å². The molecule has 144 valence electrons. The van der Waals surface area contributed by atoms with E-state index in [0.717, 1.165) is 16.3 Å². The summed E-state index contributed by atoms with van der Waals surface area (Å²) in [5.41, 5.74) is 2.97. The zero-order valence-electron chi connectivity index (χ0n) is 15.7. The lowest BCUT2D eigenvalue weighted by Gasteiger charge is -2.11. The van der Waals surface area contributed by atoms with Gasteiger partial charge in [-0.25, -0.2) is 4.98 Å². The Morgan fingerprint density at radius 3 is 2.54 bits per heavy atom. The zero-order valence-corrected chi connectivity index (χ0v) is 16.5. The van der Waals surface area contributed by atoms with Gasteiger partial charge in [-0.15, -0.1) is 11.3 Å². The van der Waals surface area contributed by atoms with Crippen molar-refractivity contribution >= 4 is 28.8 Å². The Hall–Kier alpha value is -3.19. The van der Waals surface area contributed by atoms with Gasteiger partial charge in [-0.05, 0) is 38.1 Å². The average Bonchev–Trinajstić information content (AvgIpc) is 3.14. The molecule has 2 aromatic carbocycles. The molecule has 3 rings (SSSR count). The second-order valence-corrected chi connectivity index (χ2v) is 7.05. The smallest absolute Gasteiger partial charge is 0.255 e. The molecular formula is C21H21N3O3S. The average molecular weight is 395 g/mol. The molecule has 0 unspecified atom stereocenters. The third-order valence-electron chi connectivity index (χ3n) is 3.92. The van der Waals surface area contributed by atoms with Crippen LogP contribution in [0.3, 0.4) is 0 Å². The maximum atomic E-state index is 12.3. The van der Waals surface area contributed by atoms with Crippen molar-refractivity contribution in [1.82, 2.24) is 10.3 Å². The van der Waals surface area contributed by atoms with E-state index in [9.17, 15) is 9.59 Å². The van der Waals surface area contributed by atoms with Crippen LogP contribution in [0.5, 0.6) is 5.75 Å². The monoisotopic (exact) mass is 395 g/mol. The fourth-order valence-corrected chi connectivity index (χ4v) is 3.24. The summed E-state index contributed by atoms with van der Waals surface area (Å²) in [6.45, 7) is 4.14. The molecule has 0 radical (unpaired) electrons. The van der Waals surface area contributed by atoms with E-state index in [2.05, 4.69) is 15.6 Å². The minimum Gasteiger partial charge on any atom is -0.493 e. The molecule has 28 heavy (non-hydrogen) atoms. The quantitative estimate of drug-likeness (QED) is 0.636. The highest BCUT2D eigenvalue weighted by molar-refractivity contribution is 7.09. The summed E-state index contributed by atoms with van der Waals surface area (Å²) >= 11 is 1.60. The first kappa shape index (κ1) is 19.6. The van der Waals surface area contributed by atoms with Crippen LogP contribution in [0.15, 0.2) is 53.9 Å². The van der Waals surface area contributed by atoms with Crippen molar-refractivity contribution in [2.75, 3.05) is 18.5 Å². The van der Waals surface area contributed by atoms with E-state index in [1.807, 2.05) is 43.5 Å². The van der Waals surface area contributed by atoms with Crippen molar-refractivity contribution < 1.29 is 14.3 Å². The van der Waals surface area contributed by atoms with E-state index < -0.39 is 0 Å². The number of ether oxygens (including phenoxy) is 1. The Kier molecular flexibility index (Phi) is 6.39. The van der Waals surface area contributed by atoms with E-state index >= 15 is 0 Å². The number of aromatic nitrogens is 1. The summed E-state index contributed by atoms with van der Waals surface area (Å²) in [5, 5.41) is 8.39. The first-order valence-corrected chi connectivity index (χ1v) is 9.77. The van der Waals surface area contributed by atoms with Gasteiger partial charge in [0.25, 0.3) is 5.91 Å². The van der Waals surface area contributed by atoms with Crippen molar-refractivity contribution in [3.63, 3.8) is 0 Å². The molecule has 2 amide bonds. The molecule has 1 heterocycles. The lowest BCUT2D eigenvalue weighted by atomic mass is 10.1. The van der Waals surface area contributed by atoms with Gasteiger partial charge in [0.15, 0.2) is 0 Å². The van der Waals surface area contributed by atoms with Crippen molar-refractivity contribution in [2.45, 2.75) is 13.8 Å². The molecule has 0 saturated carbocycles. The SMILES string of the molecule is CCOc1ccccc1C(=O)NCC(=O)Nc1ccc(-c2csc(C)n2)cc1. The number of aryl methyl sites for hydroxylation is 1. The summed E-state index contributed by atoms with van der Waals surface area (Å²) in [6, 6.07) is 14.4. The lowest BCUT2D eigenvalue weighted by Crippen LogP contribution is -2.33. The van der Waals surface area contributed by atoms with E-state index in [1.165, 1.54) is 0 Å². The molecule has 0 spiro atoms. The number of hydrogen-bond donors (Lipinski definition) is 2. The third-order valence-corrected chi connectivity index (χ3v) is 4.70. The number of anilines is 1. The number of carbonyl (C=O) groups is 2. The Balaban J connectivity index is 1.55. The molecule has 3 aromatic rings. The van der Waals surface area contributed by atoms with E-state index in [-0.39, 0.29) is 18.4 Å². The number of hydrogen-bond acceptors (Lipinski definition) is 5. The van der Waals surface area contributed by atoms with Crippen LogP contribution < -0.4 is 15.4 Å². The maximum absolute atomic E-state index is 12.3. The Bertz CT molecular complexity index is 967. The predicted octanol–water partition coefficient (Wildman–Crippen LogP) is 3.89. The van der Waals surface area contributed by atoms with Crippen LogP contribution in [0.1, 0.15) is 22.3 Å². The largest absolute Gasteiger partial charge is 0.493 e. The first-order chi connectivity index (χ1) is 13.6. The fourth-order valence-electron chi connectivity index (χ4n) is 2.62.